The molecule has 1 amide bonds. The van der Waals surface area contributed by atoms with E-state index in [1.165, 1.54) is 0 Å². The van der Waals surface area contributed by atoms with Crippen LogP contribution in [0.15, 0.2) is 47.1 Å². The standard InChI is InChI=1S/C25H24N4O4/c1-15-10-23(33-29-15)20-13-21(20)25(30)28-24-12-17(4-7-27-24)16-2-3-22(18(11-16)14-26)32-19-5-8-31-9-6-19/h2-4,7,10-12,19-21H,5-6,8-9,13H2,1H3,(H,27,28,30)/t20-,21-/m1/s1. The van der Waals surface area contributed by atoms with Crippen molar-refractivity contribution in [2.24, 2.45) is 5.92 Å². The average Bonchev–Trinajstić information content (AvgIpc) is 3.53. The Labute approximate surface area is 191 Å². The van der Waals surface area contributed by atoms with Gasteiger partial charge in [0.05, 0.1) is 24.5 Å². The molecule has 2 aromatic heterocycles. The van der Waals surface area contributed by atoms with Gasteiger partial charge in [-0.25, -0.2) is 4.98 Å². The molecule has 0 radical (unpaired) electrons. The summed E-state index contributed by atoms with van der Waals surface area (Å²) in [5, 5.41) is 16.4. The molecule has 1 N–H and O–H groups in total. The molecule has 0 spiro atoms. The van der Waals surface area contributed by atoms with E-state index in [9.17, 15) is 10.1 Å². The molecule has 2 aliphatic rings. The third-order valence-corrected chi connectivity index (χ3v) is 6.05. The van der Waals surface area contributed by atoms with E-state index in [0.29, 0.717) is 30.3 Å². The van der Waals surface area contributed by atoms with Gasteiger partial charge in [0, 0.05) is 36.9 Å². The maximum Gasteiger partial charge on any atom is 0.229 e. The molecule has 1 aromatic carbocycles. The number of carbonyl (C=O) groups excluding carboxylic acids is 1. The van der Waals surface area contributed by atoms with Crippen LogP contribution in [0, 0.1) is 24.2 Å². The number of hydrogen-bond donors (Lipinski definition) is 1. The average molecular weight is 444 g/mol. The highest BCUT2D eigenvalue weighted by molar-refractivity contribution is 5.94. The van der Waals surface area contributed by atoms with Gasteiger partial charge in [0.2, 0.25) is 5.91 Å². The number of aryl methyl sites for hydroxylation is 1. The molecular weight excluding hydrogens is 420 g/mol. The maximum atomic E-state index is 12.7. The second-order valence-electron chi connectivity index (χ2n) is 8.49. The second kappa shape index (κ2) is 9.04. The Kier molecular flexibility index (Phi) is 5.80. The summed E-state index contributed by atoms with van der Waals surface area (Å²) >= 11 is 0. The molecule has 8 heteroatoms. The van der Waals surface area contributed by atoms with Crippen molar-refractivity contribution in [3.05, 3.63) is 59.6 Å². The third-order valence-electron chi connectivity index (χ3n) is 6.05. The van der Waals surface area contributed by atoms with E-state index in [0.717, 1.165) is 41.8 Å². The number of nitrogens with zero attached hydrogens (tertiary/aromatic N) is 3. The Bertz CT molecular complexity index is 1210. The molecule has 3 heterocycles. The highest BCUT2D eigenvalue weighted by Gasteiger charge is 2.46. The van der Waals surface area contributed by atoms with Gasteiger partial charge in [0.15, 0.2) is 0 Å². The largest absolute Gasteiger partial charge is 0.489 e. The number of nitriles is 1. The number of hydrogen-bond acceptors (Lipinski definition) is 7. The topological polar surface area (TPSA) is 110 Å². The quantitative estimate of drug-likeness (QED) is 0.606. The van der Waals surface area contributed by atoms with Gasteiger partial charge in [0.1, 0.15) is 29.5 Å². The zero-order valence-electron chi connectivity index (χ0n) is 18.3. The number of carbonyl (C=O) groups is 1. The van der Waals surface area contributed by atoms with Crippen LogP contribution in [0.5, 0.6) is 5.75 Å². The van der Waals surface area contributed by atoms with Gasteiger partial charge in [-0.2, -0.15) is 5.26 Å². The predicted molar refractivity (Wildman–Crippen MR) is 120 cm³/mol. The summed E-state index contributed by atoms with van der Waals surface area (Å²) in [5.74, 6) is 1.64. The van der Waals surface area contributed by atoms with E-state index in [1.807, 2.05) is 37.3 Å². The van der Waals surface area contributed by atoms with Crippen LogP contribution in [-0.2, 0) is 9.53 Å². The van der Waals surface area contributed by atoms with Crippen LogP contribution >= 0.6 is 0 Å². The van der Waals surface area contributed by atoms with Crippen molar-refractivity contribution >= 4 is 11.7 Å². The summed E-state index contributed by atoms with van der Waals surface area (Å²) < 4.78 is 16.7. The lowest BCUT2D eigenvalue weighted by Gasteiger charge is -2.23. The van der Waals surface area contributed by atoms with E-state index >= 15 is 0 Å². The summed E-state index contributed by atoms with van der Waals surface area (Å²) in [6.07, 6.45) is 4.08. The van der Waals surface area contributed by atoms with Crippen molar-refractivity contribution in [3.8, 4) is 22.9 Å². The van der Waals surface area contributed by atoms with Gasteiger partial charge < -0.3 is 19.3 Å². The molecule has 1 saturated carbocycles. The first-order valence-corrected chi connectivity index (χ1v) is 11.1. The van der Waals surface area contributed by atoms with E-state index < -0.39 is 0 Å². The van der Waals surface area contributed by atoms with Crippen LogP contribution in [-0.4, -0.2) is 35.4 Å². The summed E-state index contributed by atoms with van der Waals surface area (Å²) in [7, 11) is 0. The number of rotatable bonds is 6. The van der Waals surface area contributed by atoms with E-state index in [-0.39, 0.29) is 23.8 Å². The number of aromatic nitrogens is 2. The van der Waals surface area contributed by atoms with Crippen LogP contribution in [0.3, 0.4) is 0 Å². The third kappa shape index (κ3) is 4.73. The lowest BCUT2D eigenvalue weighted by Crippen LogP contribution is -2.26. The number of anilines is 1. The van der Waals surface area contributed by atoms with Gasteiger partial charge in [-0.3, -0.25) is 4.79 Å². The monoisotopic (exact) mass is 444 g/mol. The fourth-order valence-corrected chi connectivity index (χ4v) is 4.13. The van der Waals surface area contributed by atoms with E-state index in [4.69, 9.17) is 14.0 Å². The normalized spacial score (nSPS) is 20.1. The molecule has 3 aromatic rings. The minimum absolute atomic E-state index is 0.0616. The minimum Gasteiger partial charge on any atom is -0.489 e. The number of ether oxygens (including phenoxy) is 2. The summed E-state index contributed by atoms with van der Waals surface area (Å²) in [6, 6.07) is 13.3. The Morgan fingerprint density at radius 2 is 2.00 bits per heavy atom. The summed E-state index contributed by atoms with van der Waals surface area (Å²) in [6.45, 7) is 3.22. The van der Waals surface area contributed by atoms with Gasteiger partial charge >= 0.3 is 0 Å². The predicted octanol–water partition coefficient (Wildman–Crippen LogP) is 4.22. The fraction of sp³-hybridized carbons (Fsp3) is 0.360. The van der Waals surface area contributed by atoms with Crippen molar-refractivity contribution in [2.45, 2.75) is 38.2 Å². The molecule has 2 fully saturated rings. The Morgan fingerprint density at radius 3 is 2.76 bits per heavy atom. The Balaban J connectivity index is 1.27. The van der Waals surface area contributed by atoms with Crippen LogP contribution in [0.1, 0.15) is 42.2 Å². The number of amides is 1. The zero-order valence-corrected chi connectivity index (χ0v) is 18.3. The van der Waals surface area contributed by atoms with Gasteiger partial charge in [0.25, 0.3) is 0 Å². The van der Waals surface area contributed by atoms with Crippen molar-refractivity contribution in [3.63, 3.8) is 0 Å². The van der Waals surface area contributed by atoms with Crippen LogP contribution in [0.4, 0.5) is 5.82 Å². The maximum absolute atomic E-state index is 12.7. The number of pyridine rings is 1. The fourth-order valence-electron chi connectivity index (χ4n) is 4.13. The molecule has 1 saturated heterocycles. The molecule has 168 valence electrons. The van der Waals surface area contributed by atoms with E-state index in [2.05, 4.69) is 21.5 Å². The van der Waals surface area contributed by atoms with Crippen molar-refractivity contribution in [1.29, 1.82) is 5.26 Å². The lowest BCUT2D eigenvalue weighted by molar-refractivity contribution is -0.117. The number of benzene rings is 1. The molecule has 5 rings (SSSR count). The van der Waals surface area contributed by atoms with Crippen molar-refractivity contribution < 1.29 is 18.8 Å². The number of nitrogens with one attached hydrogen (secondary N) is 1. The highest BCUT2D eigenvalue weighted by atomic mass is 16.5. The summed E-state index contributed by atoms with van der Waals surface area (Å²) in [4.78, 5) is 17.0. The van der Waals surface area contributed by atoms with E-state index in [1.54, 1.807) is 12.3 Å². The van der Waals surface area contributed by atoms with Crippen LogP contribution in [0.2, 0.25) is 0 Å². The first-order chi connectivity index (χ1) is 16.1. The molecule has 2 atom stereocenters. The van der Waals surface area contributed by atoms with Gasteiger partial charge in [-0.1, -0.05) is 11.2 Å². The minimum atomic E-state index is -0.144. The Hall–Kier alpha value is -3.70. The zero-order chi connectivity index (χ0) is 22.8. The van der Waals surface area contributed by atoms with Crippen molar-refractivity contribution in [2.75, 3.05) is 18.5 Å². The molecule has 0 bridgehead atoms. The molecular formula is C25H24N4O4. The first kappa shape index (κ1) is 21.2. The van der Waals surface area contributed by atoms with Crippen molar-refractivity contribution in [1.82, 2.24) is 10.1 Å². The Morgan fingerprint density at radius 1 is 1.18 bits per heavy atom. The highest BCUT2D eigenvalue weighted by Crippen LogP contribution is 2.48. The molecule has 8 nitrogen and oxygen atoms in total. The smallest absolute Gasteiger partial charge is 0.229 e. The lowest BCUT2D eigenvalue weighted by atomic mass is 10.0. The van der Waals surface area contributed by atoms with Crippen LogP contribution < -0.4 is 10.1 Å². The second-order valence-corrected chi connectivity index (χ2v) is 8.49. The molecule has 0 unspecified atom stereocenters. The SMILES string of the molecule is Cc1cc([C@@H]2C[C@H]2C(=O)Nc2cc(-c3ccc(OC4CCOCC4)c(C#N)c3)ccn2)on1. The van der Waals surface area contributed by atoms with Gasteiger partial charge in [-0.15, -0.1) is 0 Å². The molecule has 33 heavy (non-hydrogen) atoms. The first-order valence-electron chi connectivity index (χ1n) is 11.1. The molecule has 1 aliphatic carbocycles. The molecule has 1 aliphatic heterocycles. The van der Waals surface area contributed by atoms with Gasteiger partial charge in [-0.05, 0) is 48.7 Å². The summed E-state index contributed by atoms with van der Waals surface area (Å²) in [5.41, 5.74) is 2.99. The van der Waals surface area contributed by atoms with Crippen LogP contribution in [0.25, 0.3) is 11.1 Å².